The van der Waals surface area contributed by atoms with Crippen LogP contribution in [0.4, 0.5) is 0 Å². The molecule has 0 radical (unpaired) electrons. The van der Waals surface area contributed by atoms with Crippen LogP contribution in [0.3, 0.4) is 0 Å². The van der Waals surface area contributed by atoms with Crippen molar-refractivity contribution in [2.75, 3.05) is 33.8 Å². The summed E-state index contributed by atoms with van der Waals surface area (Å²) >= 11 is 0. The Bertz CT molecular complexity index is 122. The van der Waals surface area contributed by atoms with Gasteiger partial charge < -0.3 is 15.4 Å². The molecule has 0 aliphatic heterocycles. The van der Waals surface area contributed by atoms with E-state index in [2.05, 4.69) is 10.6 Å². The molecule has 0 aromatic heterocycles. The molecule has 4 heteroatoms. The second-order valence-electron chi connectivity index (χ2n) is 2.56. The molecule has 0 fully saturated rings. The van der Waals surface area contributed by atoms with E-state index in [0.717, 1.165) is 0 Å². The van der Waals surface area contributed by atoms with Gasteiger partial charge in [-0.05, 0) is 21.0 Å². The molecule has 12 heavy (non-hydrogen) atoms. The summed E-state index contributed by atoms with van der Waals surface area (Å²) in [7, 11) is 3.64. The fourth-order valence-electron chi connectivity index (χ4n) is 0.992. The highest BCUT2D eigenvalue weighted by atomic mass is 16.5. The highest BCUT2D eigenvalue weighted by Gasteiger charge is 2.17. The van der Waals surface area contributed by atoms with Crippen LogP contribution >= 0.6 is 0 Å². The van der Waals surface area contributed by atoms with E-state index in [0.29, 0.717) is 19.7 Å². The van der Waals surface area contributed by atoms with Crippen molar-refractivity contribution in [2.24, 2.45) is 5.92 Å². The Hall–Kier alpha value is -0.610. The SMILES string of the molecule is CCOC(=O)C(CNC)CNC. The average molecular weight is 174 g/mol. The molecule has 0 aromatic carbocycles. The molecule has 0 amide bonds. The van der Waals surface area contributed by atoms with E-state index >= 15 is 0 Å². The Morgan fingerprint density at radius 3 is 2.17 bits per heavy atom. The highest BCUT2D eigenvalue weighted by molar-refractivity contribution is 5.72. The Labute approximate surface area is 73.7 Å². The minimum absolute atomic E-state index is 0.0834. The van der Waals surface area contributed by atoms with E-state index in [1.54, 1.807) is 0 Å². The summed E-state index contributed by atoms with van der Waals surface area (Å²) in [5.74, 6) is -0.221. The molecule has 72 valence electrons. The van der Waals surface area contributed by atoms with Crippen molar-refractivity contribution in [1.82, 2.24) is 10.6 Å². The molecular weight excluding hydrogens is 156 g/mol. The van der Waals surface area contributed by atoms with Gasteiger partial charge >= 0.3 is 5.97 Å². The molecule has 0 rings (SSSR count). The second-order valence-corrected chi connectivity index (χ2v) is 2.56. The lowest BCUT2D eigenvalue weighted by Gasteiger charge is -2.13. The van der Waals surface area contributed by atoms with Crippen LogP contribution in [0, 0.1) is 5.92 Å². The lowest BCUT2D eigenvalue weighted by atomic mass is 10.1. The first-order chi connectivity index (χ1) is 5.76. The van der Waals surface area contributed by atoms with Gasteiger partial charge in [-0.2, -0.15) is 0 Å². The van der Waals surface area contributed by atoms with Gasteiger partial charge in [-0.25, -0.2) is 0 Å². The third-order valence-corrected chi connectivity index (χ3v) is 1.52. The maximum Gasteiger partial charge on any atom is 0.311 e. The lowest BCUT2D eigenvalue weighted by molar-refractivity contribution is -0.147. The van der Waals surface area contributed by atoms with Crippen LogP contribution in [0.15, 0.2) is 0 Å². The predicted molar refractivity (Wildman–Crippen MR) is 48.0 cm³/mol. The molecule has 2 N–H and O–H groups in total. The van der Waals surface area contributed by atoms with Gasteiger partial charge in [0.15, 0.2) is 0 Å². The Kier molecular flexibility index (Phi) is 6.70. The molecule has 0 aliphatic rings. The van der Waals surface area contributed by atoms with E-state index in [1.165, 1.54) is 0 Å². The first-order valence-corrected chi connectivity index (χ1v) is 4.22. The van der Waals surface area contributed by atoms with Gasteiger partial charge in [-0.1, -0.05) is 0 Å². The van der Waals surface area contributed by atoms with E-state index in [9.17, 15) is 4.79 Å². The lowest BCUT2D eigenvalue weighted by Crippen LogP contribution is -2.35. The monoisotopic (exact) mass is 174 g/mol. The standard InChI is InChI=1S/C8H18N2O2/c1-4-12-8(11)7(5-9-2)6-10-3/h7,9-10H,4-6H2,1-3H3. The van der Waals surface area contributed by atoms with Crippen LogP contribution < -0.4 is 10.6 Å². The van der Waals surface area contributed by atoms with Gasteiger partial charge in [-0.3, -0.25) is 4.79 Å². The molecule has 0 aliphatic carbocycles. The van der Waals surface area contributed by atoms with Gasteiger partial charge in [0, 0.05) is 13.1 Å². The summed E-state index contributed by atoms with van der Waals surface area (Å²) in [4.78, 5) is 11.2. The van der Waals surface area contributed by atoms with Crippen LogP contribution in [0.5, 0.6) is 0 Å². The van der Waals surface area contributed by atoms with Crippen molar-refractivity contribution < 1.29 is 9.53 Å². The fourth-order valence-corrected chi connectivity index (χ4v) is 0.992. The van der Waals surface area contributed by atoms with Crippen LogP contribution in [-0.4, -0.2) is 39.8 Å². The van der Waals surface area contributed by atoms with Crippen molar-refractivity contribution in [3.05, 3.63) is 0 Å². The van der Waals surface area contributed by atoms with E-state index in [-0.39, 0.29) is 11.9 Å². The number of ether oxygens (including phenoxy) is 1. The number of hydrogen-bond donors (Lipinski definition) is 2. The number of nitrogens with one attached hydrogen (secondary N) is 2. The molecule has 0 saturated heterocycles. The molecule has 0 spiro atoms. The number of carbonyl (C=O) groups excluding carboxylic acids is 1. The maximum absolute atomic E-state index is 11.2. The zero-order chi connectivity index (χ0) is 9.40. The number of rotatable bonds is 6. The third kappa shape index (κ3) is 4.31. The maximum atomic E-state index is 11.2. The average Bonchev–Trinajstić information content (AvgIpc) is 2.04. The predicted octanol–water partition coefficient (Wildman–Crippen LogP) is -0.395. The highest BCUT2D eigenvalue weighted by Crippen LogP contribution is 1.96. The van der Waals surface area contributed by atoms with Gasteiger partial charge in [0.25, 0.3) is 0 Å². The number of hydrogen-bond acceptors (Lipinski definition) is 4. The normalized spacial score (nSPS) is 10.3. The zero-order valence-electron chi connectivity index (χ0n) is 8.02. The van der Waals surface area contributed by atoms with Gasteiger partial charge in [0.1, 0.15) is 0 Å². The summed E-state index contributed by atoms with van der Waals surface area (Å²) in [6.07, 6.45) is 0. The van der Waals surface area contributed by atoms with Gasteiger partial charge in [-0.15, -0.1) is 0 Å². The smallest absolute Gasteiger partial charge is 0.311 e. The number of esters is 1. The van der Waals surface area contributed by atoms with Crippen molar-refractivity contribution in [3.8, 4) is 0 Å². The molecular formula is C8H18N2O2. The fraction of sp³-hybridized carbons (Fsp3) is 0.875. The Balaban J connectivity index is 3.81. The van der Waals surface area contributed by atoms with Crippen LogP contribution in [0.25, 0.3) is 0 Å². The molecule has 0 aromatic rings. The molecule has 0 saturated carbocycles. The van der Waals surface area contributed by atoms with Crippen molar-refractivity contribution in [1.29, 1.82) is 0 Å². The van der Waals surface area contributed by atoms with Crippen LogP contribution in [0.1, 0.15) is 6.92 Å². The summed E-state index contributed by atoms with van der Waals surface area (Å²) in [6.45, 7) is 3.57. The second kappa shape index (κ2) is 7.06. The first kappa shape index (κ1) is 11.4. The van der Waals surface area contributed by atoms with Crippen LogP contribution in [-0.2, 0) is 9.53 Å². The summed E-state index contributed by atoms with van der Waals surface area (Å²) in [6, 6.07) is 0. The van der Waals surface area contributed by atoms with E-state index < -0.39 is 0 Å². The summed E-state index contributed by atoms with van der Waals surface area (Å²) in [5, 5.41) is 5.90. The van der Waals surface area contributed by atoms with Crippen LogP contribution in [0.2, 0.25) is 0 Å². The summed E-state index contributed by atoms with van der Waals surface area (Å²) < 4.78 is 4.89. The molecule has 0 atom stereocenters. The minimum Gasteiger partial charge on any atom is -0.466 e. The zero-order valence-corrected chi connectivity index (χ0v) is 8.02. The van der Waals surface area contributed by atoms with Gasteiger partial charge in [0.2, 0.25) is 0 Å². The first-order valence-electron chi connectivity index (χ1n) is 4.22. The Morgan fingerprint density at radius 2 is 1.83 bits per heavy atom. The minimum atomic E-state index is -0.138. The van der Waals surface area contributed by atoms with E-state index in [1.807, 2.05) is 21.0 Å². The van der Waals surface area contributed by atoms with E-state index in [4.69, 9.17) is 4.74 Å². The van der Waals surface area contributed by atoms with Crippen molar-refractivity contribution in [3.63, 3.8) is 0 Å². The number of carbonyl (C=O) groups is 1. The topological polar surface area (TPSA) is 50.4 Å². The quantitative estimate of drug-likeness (QED) is 0.538. The van der Waals surface area contributed by atoms with Crippen molar-refractivity contribution >= 4 is 5.97 Å². The molecule has 0 unspecified atom stereocenters. The summed E-state index contributed by atoms with van der Waals surface area (Å²) in [5.41, 5.74) is 0. The third-order valence-electron chi connectivity index (χ3n) is 1.52. The molecule has 4 nitrogen and oxygen atoms in total. The van der Waals surface area contributed by atoms with Gasteiger partial charge in [0.05, 0.1) is 12.5 Å². The molecule has 0 heterocycles. The molecule has 0 bridgehead atoms. The van der Waals surface area contributed by atoms with Crippen molar-refractivity contribution in [2.45, 2.75) is 6.92 Å². The Morgan fingerprint density at radius 1 is 1.33 bits per heavy atom. The largest absolute Gasteiger partial charge is 0.466 e.